The summed E-state index contributed by atoms with van der Waals surface area (Å²) in [5.74, 6) is -0.0838. The Morgan fingerprint density at radius 3 is 1.87 bits per heavy atom. The summed E-state index contributed by atoms with van der Waals surface area (Å²) in [7, 11) is 0. The van der Waals surface area contributed by atoms with Crippen molar-refractivity contribution < 1.29 is 14.4 Å². The molecule has 0 spiro atoms. The predicted octanol–water partition coefficient (Wildman–Crippen LogP) is 8.47. The Hall–Kier alpha value is -3.61. The summed E-state index contributed by atoms with van der Waals surface area (Å²) in [5.41, 5.74) is 5.60. The minimum atomic E-state index is -0.128. The number of hydrogen-bond acceptors (Lipinski definition) is 3. The first-order chi connectivity index (χ1) is 18.7. The molecule has 6 rings (SSSR count). The van der Waals surface area contributed by atoms with Crippen molar-refractivity contribution in [1.29, 1.82) is 0 Å². The van der Waals surface area contributed by atoms with Gasteiger partial charge in [-0.15, -0.1) is 0 Å². The van der Waals surface area contributed by atoms with E-state index in [1.807, 2.05) is 36.4 Å². The van der Waals surface area contributed by atoms with Crippen LogP contribution in [0.5, 0.6) is 0 Å². The van der Waals surface area contributed by atoms with Crippen LogP contribution in [-0.4, -0.2) is 18.1 Å². The van der Waals surface area contributed by atoms with Gasteiger partial charge in [-0.3, -0.25) is 14.4 Å². The second-order valence-corrected chi connectivity index (χ2v) is 10.2. The standard InChI is InChI=1S/C15H9Cl2NO.C8H6ClNO.C7H5ClO/c16-10-3-1-2-9(6-10)7-13-12-5-4-11(17)8-14(12)18-15(13)19;9-6-2-1-5-3-8(11)10-7(5)4-6;8-7-3-1-2-6(4-7)5-9/h1-8H,(H,18,19);1-2,4H,3H2,(H,10,11);1-5H. The lowest BCUT2D eigenvalue weighted by Gasteiger charge is -1.99. The molecule has 196 valence electrons. The third-order valence-corrected chi connectivity index (χ3v) is 6.55. The zero-order valence-electron chi connectivity index (χ0n) is 20.2. The zero-order chi connectivity index (χ0) is 27.9. The SMILES string of the molecule is O=C1Cc2ccc(Cl)cc2N1.O=C1Nc2cc(Cl)ccc2C1=Cc1cccc(Cl)c1.O=Cc1cccc(Cl)c1. The van der Waals surface area contributed by atoms with E-state index in [0.717, 1.165) is 34.4 Å². The van der Waals surface area contributed by atoms with Gasteiger partial charge in [-0.25, -0.2) is 0 Å². The third kappa shape index (κ3) is 7.71. The molecule has 39 heavy (non-hydrogen) atoms. The molecule has 0 atom stereocenters. The summed E-state index contributed by atoms with van der Waals surface area (Å²) in [6.45, 7) is 0. The quantitative estimate of drug-likeness (QED) is 0.180. The highest BCUT2D eigenvalue weighted by Crippen LogP contribution is 2.35. The highest BCUT2D eigenvalue weighted by atomic mass is 35.5. The lowest BCUT2D eigenvalue weighted by Crippen LogP contribution is -2.03. The monoisotopic (exact) mass is 596 g/mol. The summed E-state index contributed by atoms with van der Waals surface area (Å²) in [4.78, 5) is 32.9. The fourth-order valence-electron chi connectivity index (χ4n) is 3.84. The number of amides is 2. The minimum absolute atomic E-state index is 0.0438. The van der Waals surface area contributed by atoms with E-state index in [0.29, 0.717) is 37.6 Å². The molecule has 9 heteroatoms. The van der Waals surface area contributed by atoms with E-state index in [1.54, 1.807) is 54.6 Å². The topological polar surface area (TPSA) is 75.3 Å². The molecule has 2 amide bonds. The summed E-state index contributed by atoms with van der Waals surface area (Å²) < 4.78 is 0. The Balaban J connectivity index is 0.000000149. The number of fused-ring (bicyclic) bond motifs is 2. The third-order valence-electron chi connectivity index (χ3n) is 5.61. The molecule has 0 saturated heterocycles. The molecule has 0 radical (unpaired) electrons. The van der Waals surface area contributed by atoms with Crippen molar-refractivity contribution in [3.63, 3.8) is 0 Å². The molecule has 0 fully saturated rings. The molecule has 2 aliphatic heterocycles. The van der Waals surface area contributed by atoms with Crippen molar-refractivity contribution in [3.05, 3.63) is 127 Å². The van der Waals surface area contributed by atoms with E-state index in [-0.39, 0.29) is 11.8 Å². The molecule has 0 saturated carbocycles. The van der Waals surface area contributed by atoms with Crippen molar-refractivity contribution in [3.8, 4) is 0 Å². The van der Waals surface area contributed by atoms with Gasteiger partial charge in [-0.1, -0.05) is 82.8 Å². The van der Waals surface area contributed by atoms with Crippen LogP contribution in [0.2, 0.25) is 20.1 Å². The van der Waals surface area contributed by atoms with Gasteiger partial charge in [0.25, 0.3) is 5.91 Å². The van der Waals surface area contributed by atoms with Crippen molar-refractivity contribution in [2.75, 3.05) is 10.6 Å². The molecule has 0 bridgehead atoms. The van der Waals surface area contributed by atoms with Crippen LogP contribution in [0.3, 0.4) is 0 Å². The molecular weight excluding hydrogens is 578 g/mol. The van der Waals surface area contributed by atoms with Gasteiger partial charge in [0, 0.05) is 42.5 Å². The van der Waals surface area contributed by atoms with Gasteiger partial charge in [-0.2, -0.15) is 0 Å². The van der Waals surface area contributed by atoms with E-state index >= 15 is 0 Å². The van der Waals surface area contributed by atoms with Gasteiger partial charge in [0.1, 0.15) is 6.29 Å². The summed E-state index contributed by atoms with van der Waals surface area (Å²) in [6.07, 6.45) is 3.07. The Kier molecular flexibility index (Phi) is 9.44. The number of carbonyl (C=O) groups excluding carboxylic acids is 3. The van der Waals surface area contributed by atoms with Gasteiger partial charge < -0.3 is 10.6 Å². The van der Waals surface area contributed by atoms with Crippen LogP contribution in [0.1, 0.15) is 27.0 Å². The highest BCUT2D eigenvalue weighted by molar-refractivity contribution is 6.37. The Bertz CT molecular complexity index is 1600. The molecule has 5 nitrogen and oxygen atoms in total. The summed E-state index contributed by atoms with van der Waals surface area (Å²) in [6, 6.07) is 24.9. The number of hydrogen-bond donors (Lipinski definition) is 2. The maximum absolute atomic E-state index is 12.0. The lowest BCUT2D eigenvalue weighted by molar-refractivity contribution is -0.115. The van der Waals surface area contributed by atoms with Gasteiger partial charge in [0.15, 0.2) is 0 Å². The Labute approximate surface area is 245 Å². The average molecular weight is 598 g/mol. The van der Waals surface area contributed by atoms with Crippen molar-refractivity contribution in [1.82, 2.24) is 0 Å². The molecule has 4 aromatic rings. The molecular formula is C30H20Cl4N2O3. The molecule has 0 aromatic heterocycles. The van der Waals surface area contributed by atoms with Crippen LogP contribution < -0.4 is 10.6 Å². The number of halogens is 4. The molecule has 0 unspecified atom stereocenters. The smallest absolute Gasteiger partial charge is 0.256 e. The maximum Gasteiger partial charge on any atom is 0.256 e. The van der Waals surface area contributed by atoms with E-state index in [2.05, 4.69) is 10.6 Å². The van der Waals surface area contributed by atoms with Crippen molar-refractivity contribution >= 4 is 87.5 Å². The highest BCUT2D eigenvalue weighted by Gasteiger charge is 2.24. The first kappa shape index (κ1) is 28.4. The minimum Gasteiger partial charge on any atom is -0.325 e. The largest absolute Gasteiger partial charge is 0.325 e. The normalized spacial score (nSPS) is 13.7. The van der Waals surface area contributed by atoms with E-state index < -0.39 is 0 Å². The van der Waals surface area contributed by atoms with Gasteiger partial charge in [-0.05, 0) is 65.7 Å². The molecule has 2 heterocycles. The predicted molar refractivity (Wildman–Crippen MR) is 160 cm³/mol. The summed E-state index contributed by atoms with van der Waals surface area (Å²) >= 11 is 23.1. The van der Waals surface area contributed by atoms with E-state index in [4.69, 9.17) is 46.4 Å². The molecule has 4 aromatic carbocycles. The molecule has 2 aliphatic rings. The number of anilines is 2. The first-order valence-electron chi connectivity index (χ1n) is 11.6. The first-order valence-corrected chi connectivity index (χ1v) is 13.1. The Morgan fingerprint density at radius 1 is 0.641 bits per heavy atom. The van der Waals surface area contributed by atoms with Crippen LogP contribution in [0.15, 0.2) is 84.9 Å². The number of benzene rings is 4. The summed E-state index contributed by atoms with van der Waals surface area (Å²) in [5, 5.41) is 8.01. The second-order valence-electron chi connectivity index (χ2n) is 8.46. The number of nitrogens with one attached hydrogen (secondary N) is 2. The zero-order valence-corrected chi connectivity index (χ0v) is 23.2. The van der Waals surface area contributed by atoms with Crippen LogP contribution in [-0.2, 0) is 16.0 Å². The fourth-order valence-corrected chi connectivity index (χ4v) is 4.58. The fraction of sp³-hybridized carbons (Fsp3) is 0.0333. The van der Waals surface area contributed by atoms with E-state index in [9.17, 15) is 14.4 Å². The van der Waals surface area contributed by atoms with Crippen LogP contribution >= 0.6 is 46.4 Å². The van der Waals surface area contributed by atoms with Crippen LogP contribution in [0.25, 0.3) is 11.6 Å². The van der Waals surface area contributed by atoms with Gasteiger partial charge in [0.05, 0.1) is 12.1 Å². The molecule has 2 N–H and O–H groups in total. The van der Waals surface area contributed by atoms with Crippen LogP contribution in [0.4, 0.5) is 11.4 Å². The van der Waals surface area contributed by atoms with Crippen molar-refractivity contribution in [2.24, 2.45) is 0 Å². The van der Waals surface area contributed by atoms with Crippen LogP contribution in [0, 0.1) is 0 Å². The number of rotatable bonds is 2. The van der Waals surface area contributed by atoms with Gasteiger partial charge >= 0.3 is 0 Å². The maximum atomic E-state index is 12.0. The lowest BCUT2D eigenvalue weighted by atomic mass is 10.0. The Morgan fingerprint density at radius 2 is 1.23 bits per heavy atom. The average Bonchev–Trinajstić information content (AvgIpc) is 3.42. The van der Waals surface area contributed by atoms with Gasteiger partial charge in [0.2, 0.25) is 5.91 Å². The van der Waals surface area contributed by atoms with Crippen molar-refractivity contribution in [2.45, 2.75) is 6.42 Å². The molecule has 0 aliphatic carbocycles. The number of carbonyl (C=O) groups is 3. The van der Waals surface area contributed by atoms with E-state index in [1.165, 1.54) is 0 Å². The number of aldehydes is 1. The second kappa shape index (κ2) is 13.0.